The molecule has 0 atom stereocenters. The van der Waals surface area contributed by atoms with E-state index in [0.717, 1.165) is 31.2 Å². The molecular formula is C19H31ClN4O3S. The van der Waals surface area contributed by atoms with Gasteiger partial charge in [-0.25, -0.2) is 0 Å². The van der Waals surface area contributed by atoms with Gasteiger partial charge in [0.15, 0.2) is 0 Å². The molecule has 7 nitrogen and oxygen atoms in total. The van der Waals surface area contributed by atoms with Crippen molar-refractivity contribution in [1.29, 1.82) is 0 Å². The van der Waals surface area contributed by atoms with Gasteiger partial charge in [0.25, 0.3) is 16.1 Å². The Morgan fingerprint density at radius 3 is 2.18 bits per heavy atom. The molecule has 1 aromatic rings. The number of rotatable bonds is 5. The molecule has 0 aromatic heterocycles. The van der Waals surface area contributed by atoms with Crippen LogP contribution < -0.4 is 5.73 Å². The van der Waals surface area contributed by atoms with E-state index in [1.165, 1.54) is 10.7 Å². The van der Waals surface area contributed by atoms with Crippen molar-refractivity contribution in [2.45, 2.75) is 44.7 Å². The van der Waals surface area contributed by atoms with Gasteiger partial charge >= 0.3 is 0 Å². The van der Waals surface area contributed by atoms with Crippen molar-refractivity contribution < 1.29 is 13.2 Å². The lowest BCUT2D eigenvalue weighted by Crippen LogP contribution is -2.55. The molecule has 1 saturated heterocycles. The first-order valence-electron chi connectivity index (χ1n) is 9.75. The largest absolute Gasteiger partial charge is 0.336 e. The first-order valence-corrected chi connectivity index (χ1v) is 11.1. The summed E-state index contributed by atoms with van der Waals surface area (Å²) in [6, 6.07) is 7.37. The van der Waals surface area contributed by atoms with Gasteiger partial charge in [-0.2, -0.15) is 17.0 Å². The van der Waals surface area contributed by atoms with Crippen molar-refractivity contribution in [1.82, 2.24) is 13.5 Å². The van der Waals surface area contributed by atoms with Gasteiger partial charge in [0.05, 0.1) is 0 Å². The van der Waals surface area contributed by atoms with Crippen LogP contribution in [0.15, 0.2) is 24.3 Å². The Labute approximate surface area is 174 Å². The number of carbonyl (C=O) groups is 1. The van der Waals surface area contributed by atoms with Crippen LogP contribution in [0.4, 0.5) is 0 Å². The molecule has 0 bridgehead atoms. The van der Waals surface area contributed by atoms with Crippen molar-refractivity contribution in [3.8, 4) is 0 Å². The van der Waals surface area contributed by atoms with E-state index < -0.39 is 10.2 Å². The molecule has 3 rings (SSSR count). The van der Waals surface area contributed by atoms with Crippen molar-refractivity contribution in [2.75, 3.05) is 33.2 Å². The van der Waals surface area contributed by atoms with Gasteiger partial charge in [-0.3, -0.25) is 4.79 Å². The fourth-order valence-electron chi connectivity index (χ4n) is 3.90. The minimum absolute atomic E-state index is 0. The van der Waals surface area contributed by atoms with E-state index >= 15 is 0 Å². The summed E-state index contributed by atoms with van der Waals surface area (Å²) < 4.78 is 28.9. The van der Waals surface area contributed by atoms with Gasteiger partial charge in [-0.1, -0.05) is 31.4 Å². The molecule has 2 fully saturated rings. The topological polar surface area (TPSA) is 87.0 Å². The number of benzene rings is 1. The molecule has 1 aromatic carbocycles. The van der Waals surface area contributed by atoms with E-state index in [1.54, 1.807) is 28.4 Å². The molecule has 2 N–H and O–H groups in total. The summed E-state index contributed by atoms with van der Waals surface area (Å²) >= 11 is 0. The minimum Gasteiger partial charge on any atom is -0.336 e. The number of nitrogens with zero attached hydrogens (tertiary/aromatic N) is 3. The Hall–Kier alpha value is -1.19. The molecule has 9 heteroatoms. The van der Waals surface area contributed by atoms with Crippen LogP contribution in [0.5, 0.6) is 0 Å². The van der Waals surface area contributed by atoms with Gasteiger partial charge in [-0.15, -0.1) is 12.4 Å². The third-order valence-corrected chi connectivity index (χ3v) is 7.79. The van der Waals surface area contributed by atoms with Crippen LogP contribution in [-0.4, -0.2) is 67.1 Å². The SMILES string of the molecule is CN(C1CCCCC1)S(=O)(=O)N1CCN(C(=O)c2ccc(CN)cc2)CC1.Cl. The molecule has 1 aliphatic carbocycles. The third kappa shape index (κ3) is 5.04. The maximum atomic E-state index is 12.9. The van der Waals surface area contributed by atoms with Crippen LogP contribution >= 0.6 is 12.4 Å². The summed E-state index contributed by atoms with van der Waals surface area (Å²) in [5.74, 6) is -0.0590. The standard InChI is InChI=1S/C19H30N4O3S.ClH/c1-21(18-5-3-2-4-6-18)27(25,26)23-13-11-22(12-14-23)19(24)17-9-7-16(15-20)8-10-17;/h7-10,18H,2-6,11-15,20H2,1H3;1H. The molecule has 158 valence electrons. The van der Waals surface area contributed by atoms with Gasteiger partial charge in [-0.05, 0) is 30.5 Å². The fraction of sp³-hybridized carbons (Fsp3) is 0.632. The van der Waals surface area contributed by atoms with Crippen LogP contribution in [0.1, 0.15) is 48.0 Å². The maximum absolute atomic E-state index is 12.9. The molecule has 1 heterocycles. The van der Waals surface area contributed by atoms with Gasteiger partial charge in [0, 0.05) is 51.4 Å². The second-order valence-electron chi connectivity index (χ2n) is 7.41. The minimum atomic E-state index is -3.47. The molecule has 0 radical (unpaired) electrons. The highest BCUT2D eigenvalue weighted by Gasteiger charge is 2.35. The Bertz CT molecular complexity index is 743. The summed E-state index contributed by atoms with van der Waals surface area (Å²) in [4.78, 5) is 14.4. The van der Waals surface area contributed by atoms with Crippen molar-refractivity contribution in [2.24, 2.45) is 5.73 Å². The number of hydrogen-bond donors (Lipinski definition) is 1. The average molecular weight is 431 g/mol. The van der Waals surface area contributed by atoms with Crippen LogP contribution in [0.2, 0.25) is 0 Å². The predicted molar refractivity (Wildman–Crippen MR) is 113 cm³/mol. The predicted octanol–water partition coefficient (Wildman–Crippen LogP) is 1.83. The Morgan fingerprint density at radius 2 is 1.64 bits per heavy atom. The highest BCUT2D eigenvalue weighted by molar-refractivity contribution is 7.86. The number of amides is 1. The Balaban J connectivity index is 0.00000280. The average Bonchev–Trinajstić information content (AvgIpc) is 2.73. The zero-order valence-corrected chi connectivity index (χ0v) is 18.1. The number of halogens is 1. The van der Waals surface area contributed by atoms with E-state index in [2.05, 4.69) is 0 Å². The first-order chi connectivity index (χ1) is 12.9. The zero-order chi connectivity index (χ0) is 19.4. The quantitative estimate of drug-likeness (QED) is 0.772. The summed E-state index contributed by atoms with van der Waals surface area (Å²) in [6.07, 6.45) is 5.25. The normalized spacial score (nSPS) is 19.5. The molecule has 2 aliphatic rings. The van der Waals surface area contributed by atoms with E-state index in [1.807, 2.05) is 12.1 Å². The first kappa shape index (κ1) is 23.1. The van der Waals surface area contributed by atoms with E-state index in [-0.39, 0.29) is 24.4 Å². The fourth-order valence-corrected chi connectivity index (χ4v) is 5.48. The monoisotopic (exact) mass is 430 g/mol. The lowest BCUT2D eigenvalue weighted by Gasteiger charge is -2.38. The smallest absolute Gasteiger partial charge is 0.282 e. The molecule has 1 amide bonds. The molecule has 0 unspecified atom stereocenters. The number of carbonyl (C=O) groups excluding carboxylic acids is 1. The summed E-state index contributed by atoms with van der Waals surface area (Å²) in [6.45, 7) is 1.95. The third-order valence-electron chi connectivity index (χ3n) is 5.74. The second kappa shape index (κ2) is 10.0. The molecule has 28 heavy (non-hydrogen) atoms. The van der Waals surface area contributed by atoms with Crippen molar-refractivity contribution >= 4 is 28.5 Å². The molecule has 1 aliphatic heterocycles. The van der Waals surface area contributed by atoms with E-state index in [4.69, 9.17) is 5.73 Å². The summed E-state index contributed by atoms with van der Waals surface area (Å²) in [7, 11) is -1.77. The van der Waals surface area contributed by atoms with Crippen molar-refractivity contribution in [3.63, 3.8) is 0 Å². The van der Waals surface area contributed by atoms with Gasteiger partial charge in [0.2, 0.25) is 0 Å². The highest BCUT2D eigenvalue weighted by atomic mass is 35.5. The van der Waals surface area contributed by atoms with Gasteiger partial charge < -0.3 is 10.6 Å². The summed E-state index contributed by atoms with van der Waals surface area (Å²) in [5.41, 5.74) is 7.18. The molecular weight excluding hydrogens is 400 g/mol. The van der Waals surface area contributed by atoms with Crippen LogP contribution in [0, 0.1) is 0 Å². The van der Waals surface area contributed by atoms with Crippen molar-refractivity contribution in [3.05, 3.63) is 35.4 Å². The van der Waals surface area contributed by atoms with E-state index in [0.29, 0.717) is 38.3 Å². The van der Waals surface area contributed by atoms with Crippen LogP contribution in [0.25, 0.3) is 0 Å². The lowest BCUT2D eigenvalue weighted by molar-refractivity contribution is 0.0693. The molecule has 1 saturated carbocycles. The van der Waals surface area contributed by atoms with Gasteiger partial charge in [0.1, 0.15) is 0 Å². The number of piperazine rings is 1. The van der Waals surface area contributed by atoms with Crippen LogP contribution in [-0.2, 0) is 16.8 Å². The highest BCUT2D eigenvalue weighted by Crippen LogP contribution is 2.25. The van der Waals surface area contributed by atoms with Crippen LogP contribution in [0.3, 0.4) is 0 Å². The number of hydrogen-bond acceptors (Lipinski definition) is 4. The number of nitrogens with two attached hydrogens (primary N) is 1. The summed E-state index contributed by atoms with van der Waals surface area (Å²) in [5, 5.41) is 0. The Morgan fingerprint density at radius 1 is 1.07 bits per heavy atom. The maximum Gasteiger partial charge on any atom is 0.282 e. The Kier molecular flexibility index (Phi) is 8.27. The lowest BCUT2D eigenvalue weighted by atomic mass is 9.96. The second-order valence-corrected chi connectivity index (χ2v) is 9.40. The zero-order valence-electron chi connectivity index (χ0n) is 16.4. The van der Waals surface area contributed by atoms with E-state index in [9.17, 15) is 13.2 Å². The molecule has 0 spiro atoms.